The molecule has 2 aromatic carbocycles. The predicted octanol–water partition coefficient (Wildman–Crippen LogP) is 5.01. The highest BCUT2D eigenvalue weighted by Crippen LogP contribution is 2.31. The van der Waals surface area contributed by atoms with Crippen LogP contribution in [0.3, 0.4) is 0 Å². The summed E-state index contributed by atoms with van der Waals surface area (Å²) >= 11 is 1.46. The Morgan fingerprint density at radius 2 is 2.03 bits per heavy atom. The van der Waals surface area contributed by atoms with Crippen molar-refractivity contribution in [1.29, 1.82) is 0 Å². The quantitative estimate of drug-likeness (QED) is 0.460. The highest BCUT2D eigenvalue weighted by atomic mass is 32.1. The van der Waals surface area contributed by atoms with Gasteiger partial charge < -0.3 is 14.8 Å². The zero-order valence-corrected chi connectivity index (χ0v) is 17.4. The third-order valence-electron chi connectivity index (χ3n) is 5.19. The first-order valence-corrected chi connectivity index (χ1v) is 10.9. The van der Waals surface area contributed by atoms with Gasteiger partial charge >= 0.3 is 0 Å². The normalized spacial score (nSPS) is 16.0. The monoisotopic (exact) mass is 437 g/mol. The van der Waals surface area contributed by atoms with Crippen molar-refractivity contribution < 1.29 is 18.7 Å². The number of ether oxygens (including phenoxy) is 2. The lowest BCUT2D eigenvalue weighted by Gasteiger charge is -2.12. The molecule has 8 heteroatoms. The van der Waals surface area contributed by atoms with Gasteiger partial charge in [0, 0.05) is 29.3 Å². The number of fused-ring (bicyclic) bond motifs is 1. The van der Waals surface area contributed by atoms with Crippen molar-refractivity contribution in [2.45, 2.75) is 18.9 Å². The number of nitrogens with zero attached hydrogens (tertiary/aromatic N) is 2. The molecule has 6 nitrogen and oxygen atoms in total. The van der Waals surface area contributed by atoms with Crippen LogP contribution in [0.15, 0.2) is 60.1 Å². The topological polar surface area (TPSA) is 64.9 Å². The zero-order chi connectivity index (χ0) is 21.2. The Kier molecular flexibility index (Phi) is 5.40. The van der Waals surface area contributed by atoms with Crippen molar-refractivity contribution in [3.8, 4) is 17.0 Å². The van der Waals surface area contributed by atoms with E-state index in [1.165, 1.54) is 23.5 Å². The number of anilines is 1. The summed E-state index contributed by atoms with van der Waals surface area (Å²) in [7, 11) is 0. The Morgan fingerprint density at radius 1 is 1.23 bits per heavy atom. The van der Waals surface area contributed by atoms with Gasteiger partial charge in [0.1, 0.15) is 29.7 Å². The molecule has 4 aromatic rings. The number of nitrogens with one attached hydrogen (secondary N) is 1. The Bertz CT molecular complexity index is 1200. The van der Waals surface area contributed by atoms with Crippen molar-refractivity contribution in [3.05, 3.63) is 71.5 Å². The minimum Gasteiger partial charge on any atom is -0.491 e. The Balaban J connectivity index is 1.34. The molecule has 3 heterocycles. The molecule has 1 amide bonds. The second-order valence-electron chi connectivity index (χ2n) is 7.30. The molecule has 1 fully saturated rings. The summed E-state index contributed by atoms with van der Waals surface area (Å²) in [5.74, 6) is 0.661. The number of imidazole rings is 1. The SMILES string of the molecule is O=C(Nc1c(-c2ccc(F)cc2)nc2sccn12)c1ccc(OCC2CCCO2)cc1. The summed E-state index contributed by atoms with van der Waals surface area (Å²) in [6.07, 6.45) is 4.07. The van der Waals surface area contributed by atoms with Gasteiger partial charge in [-0.1, -0.05) is 0 Å². The maximum Gasteiger partial charge on any atom is 0.256 e. The van der Waals surface area contributed by atoms with Gasteiger partial charge in [0.15, 0.2) is 4.96 Å². The van der Waals surface area contributed by atoms with Gasteiger partial charge in [-0.05, 0) is 61.4 Å². The Hall–Kier alpha value is -3.23. The summed E-state index contributed by atoms with van der Waals surface area (Å²) in [5, 5.41) is 4.85. The van der Waals surface area contributed by atoms with Gasteiger partial charge in [0.05, 0.1) is 6.10 Å². The number of halogens is 1. The van der Waals surface area contributed by atoms with E-state index in [0.29, 0.717) is 29.4 Å². The lowest BCUT2D eigenvalue weighted by Crippen LogP contribution is -2.16. The van der Waals surface area contributed by atoms with Crippen molar-refractivity contribution in [2.75, 3.05) is 18.5 Å². The van der Waals surface area contributed by atoms with Crippen LogP contribution >= 0.6 is 11.3 Å². The average molecular weight is 437 g/mol. The van der Waals surface area contributed by atoms with E-state index < -0.39 is 0 Å². The molecule has 1 atom stereocenters. The van der Waals surface area contributed by atoms with E-state index >= 15 is 0 Å². The molecule has 1 aliphatic heterocycles. The predicted molar refractivity (Wildman–Crippen MR) is 117 cm³/mol. The van der Waals surface area contributed by atoms with E-state index in [0.717, 1.165) is 30.0 Å². The molecule has 158 valence electrons. The molecule has 1 unspecified atom stereocenters. The van der Waals surface area contributed by atoms with Crippen LogP contribution in [0.1, 0.15) is 23.2 Å². The standard InChI is InChI=1S/C23H20FN3O3S/c24-17-7-3-15(4-8-17)20-21(27-11-13-31-23(27)25-20)26-22(28)16-5-9-18(10-6-16)30-14-19-2-1-12-29-19/h3-11,13,19H,1-2,12,14H2,(H,26,28). The molecule has 0 aliphatic carbocycles. The molecule has 0 radical (unpaired) electrons. The summed E-state index contributed by atoms with van der Waals surface area (Å²) in [5.41, 5.74) is 1.82. The lowest BCUT2D eigenvalue weighted by atomic mass is 10.1. The van der Waals surface area contributed by atoms with E-state index in [4.69, 9.17) is 9.47 Å². The number of hydrogen-bond donors (Lipinski definition) is 1. The van der Waals surface area contributed by atoms with Crippen molar-refractivity contribution in [3.63, 3.8) is 0 Å². The fraction of sp³-hybridized carbons (Fsp3) is 0.217. The minimum atomic E-state index is -0.322. The van der Waals surface area contributed by atoms with E-state index in [9.17, 15) is 9.18 Å². The number of carbonyl (C=O) groups is 1. The Morgan fingerprint density at radius 3 is 2.77 bits per heavy atom. The van der Waals surface area contributed by atoms with Crippen molar-refractivity contribution in [2.24, 2.45) is 0 Å². The highest BCUT2D eigenvalue weighted by Gasteiger charge is 2.19. The second kappa shape index (κ2) is 8.49. The summed E-state index contributed by atoms with van der Waals surface area (Å²) in [6, 6.07) is 13.1. The van der Waals surface area contributed by atoms with E-state index in [1.54, 1.807) is 36.4 Å². The molecule has 2 aromatic heterocycles. The molecule has 1 saturated heterocycles. The van der Waals surface area contributed by atoms with Crippen LogP contribution in [0.5, 0.6) is 5.75 Å². The fourth-order valence-corrected chi connectivity index (χ4v) is 4.28. The molecule has 1 aliphatic rings. The molecule has 31 heavy (non-hydrogen) atoms. The number of hydrogen-bond acceptors (Lipinski definition) is 5. The van der Waals surface area contributed by atoms with Crippen molar-refractivity contribution in [1.82, 2.24) is 9.38 Å². The van der Waals surface area contributed by atoms with Gasteiger partial charge in [-0.25, -0.2) is 9.37 Å². The number of carbonyl (C=O) groups excluding carboxylic acids is 1. The molecular formula is C23H20FN3O3S. The van der Waals surface area contributed by atoms with Crippen LogP contribution in [0.4, 0.5) is 10.2 Å². The zero-order valence-electron chi connectivity index (χ0n) is 16.6. The number of rotatable bonds is 6. The van der Waals surface area contributed by atoms with Crippen LogP contribution in [0.25, 0.3) is 16.2 Å². The smallest absolute Gasteiger partial charge is 0.256 e. The number of benzene rings is 2. The van der Waals surface area contributed by atoms with E-state index in [1.807, 2.05) is 16.0 Å². The minimum absolute atomic E-state index is 0.141. The third kappa shape index (κ3) is 4.17. The van der Waals surface area contributed by atoms with Gasteiger partial charge in [-0.3, -0.25) is 9.20 Å². The largest absolute Gasteiger partial charge is 0.491 e. The number of thiazole rings is 1. The van der Waals surface area contributed by atoms with Crippen molar-refractivity contribution >= 4 is 28.0 Å². The lowest BCUT2D eigenvalue weighted by molar-refractivity contribution is 0.0679. The van der Waals surface area contributed by atoms with Crippen LogP contribution in [0.2, 0.25) is 0 Å². The maximum atomic E-state index is 13.3. The second-order valence-corrected chi connectivity index (χ2v) is 8.17. The number of aromatic nitrogens is 2. The van der Waals surface area contributed by atoms with E-state index in [2.05, 4.69) is 10.3 Å². The molecule has 0 saturated carbocycles. The van der Waals surface area contributed by atoms with E-state index in [-0.39, 0.29) is 17.8 Å². The van der Waals surface area contributed by atoms with Gasteiger partial charge in [0.25, 0.3) is 5.91 Å². The fourth-order valence-electron chi connectivity index (χ4n) is 3.56. The maximum absolute atomic E-state index is 13.3. The number of amides is 1. The highest BCUT2D eigenvalue weighted by molar-refractivity contribution is 7.15. The van der Waals surface area contributed by atoms with Crippen LogP contribution < -0.4 is 10.1 Å². The molecular weight excluding hydrogens is 417 g/mol. The molecule has 5 rings (SSSR count). The first-order chi connectivity index (χ1) is 15.2. The first kappa shape index (κ1) is 19.7. The average Bonchev–Trinajstić information content (AvgIpc) is 3.52. The molecule has 0 spiro atoms. The summed E-state index contributed by atoms with van der Waals surface area (Å²) in [6.45, 7) is 1.30. The summed E-state index contributed by atoms with van der Waals surface area (Å²) in [4.78, 5) is 18.3. The molecule has 1 N–H and O–H groups in total. The van der Waals surface area contributed by atoms with Crippen LogP contribution in [0, 0.1) is 5.82 Å². The van der Waals surface area contributed by atoms with Gasteiger partial charge in [-0.15, -0.1) is 11.3 Å². The van der Waals surface area contributed by atoms with Crippen LogP contribution in [-0.4, -0.2) is 34.6 Å². The Labute approximate surface area is 182 Å². The summed E-state index contributed by atoms with van der Waals surface area (Å²) < 4.78 is 26.5. The third-order valence-corrected chi connectivity index (χ3v) is 5.94. The molecule has 0 bridgehead atoms. The van der Waals surface area contributed by atoms with Gasteiger partial charge in [0.2, 0.25) is 0 Å². The van der Waals surface area contributed by atoms with Gasteiger partial charge in [-0.2, -0.15) is 0 Å². The first-order valence-electron chi connectivity index (χ1n) is 10.0. The van der Waals surface area contributed by atoms with Crippen LogP contribution in [-0.2, 0) is 4.74 Å².